The van der Waals surface area contributed by atoms with E-state index >= 15 is 0 Å². The van der Waals surface area contributed by atoms with Gasteiger partial charge in [0.25, 0.3) is 11.5 Å². The van der Waals surface area contributed by atoms with Crippen molar-refractivity contribution in [3.8, 4) is 5.75 Å². The fourth-order valence-electron chi connectivity index (χ4n) is 3.39. The molecule has 0 spiro atoms. The van der Waals surface area contributed by atoms with E-state index in [2.05, 4.69) is 10.3 Å². The van der Waals surface area contributed by atoms with Gasteiger partial charge in [0.1, 0.15) is 21.5 Å². The number of hydrogen-bond donors (Lipinski definition) is 1. The normalized spacial score (nSPS) is 15.1. The number of nitrogens with one attached hydrogen (secondary N) is 1. The third kappa shape index (κ3) is 4.39. The molecular formula is C23H22N4O3S2. The molecule has 0 unspecified atom stereocenters. The van der Waals surface area contributed by atoms with E-state index in [9.17, 15) is 9.59 Å². The van der Waals surface area contributed by atoms with Crippen LogP contribution in [-0.4, -0.2) is 44.7 Å². The number of methoxy groups -OCH3 is 1. The zero-order valence-electron chi connectivity index (χ0n) is 17.7. The number of ether oxygens (including phenoxy) is 1. The first-order valence-electron chi connectivity index (χ1n) is 10.2. The first kappa shape index (κ1) is 22.0. The number of carbonyl (C=O) groups is 1. The lowest BCUT2D eigenvalue weighted by atomic mass is 10.1. The standard InChI is InChI=1S/C23H22N4O3S2/c1-3-24-20-17(21(28)26-12-5-4-6-19(26)25-20)14-18-22(29)27(23(31)32-18)13-11-15-7-9-16(30-2)10-8-15/h4-10,12,14,24H,3,11,13H2,1-2H3. The molecule has 164 valence electrons. The Kier molecular flexibility index (Phi) is 6.57. The zero-order valence-corrected chi connectivity index (χ0v) is 19.3. The molecule has 9 heteroatoms. The molecule has 1 saturated heterocycles. The molecule has 4 rings (SSSR count). The van der Waals surface area contributed by atoms with Gasteiger partial charge in [0, 0.05) is 19.3 Å². The largest absolute Gasteiger partial charge is 0.497 e. The number of anilines is 1. The van der Waals surface area contributed by atoms with Crippen LogP contribution >= 0.6 is 24.0 Å². The first-order chi connectivity index (χ1) is 15.5. The average molecular weight is 467 g/mol. The Morgan fingerprint density at radius 1 is 1.19 bits per heavy atom. The molecule has 3 aromatic rings. The summed E-state index contributed by atoms with van der Waals surface area (Å²) in [5.74, 6) is 1.04. The minimum atomic E-state index is -0.241. The van der Waals surface area contributed by atoms with Gasteiger partial charge in [0.05, 0.1) is 17.6 Å². The quantitative estimate of drug-likeness (QED) is 0.421. The van der Waals surface area contributed by atoms with Crippen molar-refractivity contribution < 1.29 is 9.53 Å². The van der Waals surface area contributed by atoms with Gasteiger partial charge in [-0.25, -0.2) is 4.98 Å². The van der Waals surface area contributed by atoms with E-state index in [4.69, 9.17) is 17.0 Å². The summed E-state index contributed by atoms with van der Waals surface area (Å²) in [4.78, 5) is 32.7. The van der Waals surface area contributed by atoms with Crippen molar-refractivity contribution >= 4 is 51.7 Å². The summed E-state index contributed by atoms with van der Waals surface area (Å²) in [6, 6.07) is 13.1. The predicted molar refractivity (Wildman–Crippen MR) is 132 cm³/mol. The second kappa shape index (κ2) is 9.54. The van der Waals surface area contributed by atoms with Gasteiger partial charge >= 0.3 is 0 Å². The molecule has 1 N–H and O–H groups in total. The van der Waals surface area contributed by atoms with E-state index in [1.165, 1.54) is 16.2 Å². The highest BCUT2D eigenvalue weighted by Gasteiger charge is 2.32. The van der Waals surface area contributed by atoms with Crippen molar-refractivity contribution in [3.05, 3.63) is 75.0 Å². The lowest BCUT2D eigenvalue weighted by Crippen LogP contribution is -2.30. The molecule has 0 atom stereocenters. The molecule has 1 fully saturated rings. The van der Waals surface area contributed by atoms with Gasteiger partial charge in [0.15, 0.2) is 0 Å². The van der Waals surface area contributed by atoms with Crippen LogP contribution < -0.4 is 15.6 Å². The van der Waals surface area contributed by atoms with Gasteiger partial charge in [0.2, 0.25) is 0 Å². The molecule has 32 heavy (non-hydrogen) atoms. The van der Waals surface area contributed by atoms with Crippen molar-refractivity contribution in [1.29, 1.82) is 0 Å². The minimum Gasteiger partial charge on any atom is -0.497 e. The van der Waals surface area contributed by atoms with Crippen LogP contribution in [0.25, 0.3) is 11.7 Å². The monoisotopic (exact) mass is 466 g/mol. The Bertz CT molecular complexity index is 1270. The van der Waals surface area contributed by atoms with Gasteiger partial charge < -0.3 is 10.1 Å². The average Bonchev–Trinajstić information content (AvgIpc) is 3.07. The minimum absolute atomic E-state index is 0.200. The van der Waals surface area contributed by atoms with Crippen LogP contribution in [0.1, 0.15) is 18.1 Å². The summed E-state index contributed by atoms with van der Waals surface area (Å²) in [5, 5.41) is 3.13. The highest BCUT2D eigenvalue weighted by atomic mass is 32.2. The molecule has 2 aromatic heterocycles. The molecular weight excluding hydrogens is 444 g/mol. The Morgan fingerprint density at radius 3 is 2.69 bits per heavy atom. The molecule has 1 aliphatic heterocycles. The number of benzene rings is 1. The summed E-state index contributed by atoms with van der Waals surface area (Å²) < 4.78 is 7.13. The maximum Gasteiger partial charge on any atom is 0.267 e. The number of fused-ring (bicyclic) bond motifs is 1. The maximum absolute atomic E-state index is 13.1. The zero-order chi connectivity index (χ0) is 22.7. The van der Waals surface area contributed by atoms with Crippen molar-refractivity contribution in [2.24, 2.45) is 0 Å². The second-order valence-electron chi connectivity index (χ2n) is 7.07. The Hall–Kier alpha value is -3.17. The van der Waals surface area contributed by atoms with Gasteiger partial charge in [-0.2, -0.15) is 0 Å². The summed E-state index contributed by atoms with van der Waals surface area (Å²) in [6.45, 7) is 2.99. The second-order valence-corrected chi connectivity index (χ2v) is 8.75. The molecule has 0 aliphatic carbocycles. The Labute approximate surface area is 195 Å². The molecule has 0 saturated carbocycles. The first-order valence-corrected chi connectivity index (χ1v) is 11.4. The smallest absolute Gasteiger partial charge is 0.267 e. The molecule has 0 bridgehead atoms. The van der Waals surface area contributed by atoms with E-state index in [1.54, 1.807) is 36.4 Å². The van der Waals surface area contributed by atoms with Gasteiger partial charge in [-0.1, -0.05) is 42.2 Å². The van der Waals surface area contributed by atoms with Crippen LogP contribution in [0, 0.1) is 0 Å². The highest BCUT2D eigenvalue weighted by molar-refractivity contribution is 8.26. The van der Waals surface area contributed by atoms with Crippen molar-refractivity contribution in [1.82, 2.24) is 14.3 Å². The number of thiocarbonyl (C=S) groups is 1. The number of rotatable bonds is 7. The number of carbonyl (C=O) groups excluding carboxylic acids is 1. The SMILES string of the molecule is CCNc1nc2ccccn2c(=O)c1C=C1SC(=S)N(CCc2ccc(OC)cc2)C1=O. The maximum atomic E-state index is 13.1. The van der Waals surface area contributed by atoms with Crippen LogP contribution in [0.4, 0.5) is 5.82 Å². The molecule has 3 heterocycles. The highest BCUT2D eigenvalue weighted by Crippen LogP contribution is 2.33. The van der Waals surface area contributed by atoms with Crippen LogP contribution in [0.15, 0.2) is 58.4 Å². The number of nitrogens with zero attached hydrogens (tertiary/aromatic N) is 3. The van der Waals surface area contributed by atoms with E-state index < -0.39 is 0 Å². The van der Waals surface area contributed by atoms with Crippen LogP contribution in [-0.2, 0) is 11.2 Å². The molecule has 0 radical (unpaired) electrons. The summed E-state index contributed by atoms with van der Waals surface area (Å²) >= 11 is 6.66. The van der Waals surface area contributed by atoms with E-state index in [0.29, 0.717) is 45.8 Å². The number of aromatic nitrogens is 2. The van der Waals surface area contributed by atoms with Crippen LogP contribution in [0.2, 0.25) is 0 Å². The summed E-state index contributed by atoms with van der Waals surface area (Å²) in [6.07, 6.45) is 3.92. The number of pyridine rings is 1. The summed E-state index contributed by atoms with van der Waals surface area (Å²) in [7, 11) is 1.62. The Balaban J connectivity index is 1.61. The van der Waals surface area contributed by atoms with Gasteiger partial charge in [-0.05, 0) is 49.2 Å². The lowest BCUT2D eigenvalue weighted by Gasteiger charge is -2.14. The number of hydrogen-bond acceptors (Lipinski definition) is 7. The number of thioether (sulfide) groups is 1. The molecule has 1 amide bonds. The van der Waals surface area contributed by atoms with E-state index in [1.807, 2.05) is 37.3 Å². The van der Waals surface area contributed by atoms with E-state index in [0.717, 1.165) is 11.3 Å². The molecule has 1 aromatic carbocycles. The third-order valence-corrected chi connectivity index (χ3v) is 6.42. The van der Waals surface area contributed by atoms with Gasteiger partial charge in [-0.3, -0.25) is 18.9 Å². The molecule has 1 aliphatic rings. The van der Waals surface area contributed by atoms with Crippen LogP contribution in [0.5, 0.6) is 5.75 Å². The Morgan fingerprint density at radius 2 is 1.97 bits per heavy atom. The fourth-order valence-corrected chi connectivity index (χ4v) is 4.68. The van der Waals surface area contributed by atoms with Crippen molar-refractivity contribution in [3.63, 3.8) is 0 Å². The van der Waals surface area contributed by atoms with Crippen molar-refractivity contribution in [2.75, 3.05) is 25.5 Å². The third-order valence-electron chi connectivity index (χ3n) is 5.05. The molecule has 7 nitrogen and oxygen atoms in total. The predicted octanol–water partition coefficient (Wildman–Crippen LogP) is 3.58. The number of amides is 1. The van der Waals surface area contributed by atoms with Gasteiger partial charge in [-0.15, -0.1) is 0 Å². The summed E-state index contributed by atoms with van der Waals surface area (Å²) in [5.41, 5.74) is 1.72. The van der Waals surface area contributed by atoms with E-state index in [-0.39, 0.29) is 11.5 Å². The van der Waals surface area contributed by atoms with Crippen LogP contribution in [0.3, 0.4) is 0 Å². The topological polar surface area (TPSA) is 75.9 Å². The van der Waals surface area contributed by atoms with Crippen molar-refractivity contribution in [2.45, 2.75) is 13.3 Å². The fraction of sp³-hybridized carbons (Fsp3) is 0.217. The lowest BCUT2D eigenvalue weighted by molar-refractivity contribution is -0.122.